The van der Waals surface area contributed by atoms with Crippen LogP contribution >= 0.6 is 0 Å². The highest BCUT2D eigenvalue weighted by Gasteiger charge is 2.24. The number of carbonyl (C=O) groups is 1. The molecule has 0 aliphatic carbocycles. The molecule has 180 valence electrons. The van der Waals surface area contributed by atoms with Crippen LogP contribution < -0.4 is 15.0 Å². The van der Waals surface area contributed by atoms with Crippen molar-refractivity contribution in [3.63, 3.8) is 0 Å². The molecule has 2 aromatic heterocycles. The molecule has 1 amide bonds. The number of amides is 1. The van der Waals surface area contributed by atoms with Gasteiger partial charge in [0.2, 0.25) is 5.88 Å². The Balaban J connectivity index is 1.16. The fourth-order valence-corrected chi connectivity index (χ4v) is 4.32. The van der Waals surface area contributed by atoms with Gasteiger partial charge in [0.15, 0.2) is 5.82 Å². The molecule has 0 aromatic carbocycles. The molecule has 2 aliphatic heterocycles. The van der Waals surface area contributed by atoms with E-state index in [1.807, 2.05) is 6.92 Å². The molecule has 2 fully saturated rings. The van der Waals surface area contributed by atoms with Gasteiger partial charge in [0, 0.05) is 31.7 Å². The van der Waals surface area contributed by atoms with Gasteiger partial charge in [-0.3, -0.25) is 4.79 Å². The lowest BCUT2D eigenvalue weighted by molar-refractivity contribution is 0.0928. The average Bonchev–Trinajstić information content (AvgIpc) is 3.50. The number of hydrogen-bond acceptors (Lipinski definition) is 8. The molecular weight excluding hydrogens is 422 g/mol. The number of nitrogens with zero attached hydrogens (tertiary/aromatic N) is 4. The second kappa shape index (κ2) is 11.0. The van der Waals surface area contributed by atoms with Gasteiger partial charge in [0.25, 0.3) is 5.91 Å². The fraction of sp³-hybridized carbons (Fsp3) is 0.667. The Morgan fingerprint density at radius 3 is 2.73 bits per heavy atom. The van der Waals surface area contributed by atoms with E-state index in [4.69, 9.17) is 14.0 Å². The number of rotatable bonds is 9. The maximum atomic E-state index is 12.4. The van der Waals surface area contributed by atoms with Crippen LogP contribution in [-0.4, -0.2) is 60.0 Å². The van der Waals surface area contributed by atoms with Crippen LogP contribution in [0.5, 0.6) is 5.88 Å². The second-order valence-corrected chi connectivity index (χ2v) is 9.33. The minimum Gasteiger partial charge on any atom is -0.478 e. The second-order valence-electron chi connectivity index (χ2n) is 9.33. The van der Waals surface area contributed by atoms with E-state index in [0.717, 1.165) is 51.0 Å². The molecule has 2 saturated heterocycles. The predicted molar refractivity (Wildman–Crippen MR) is 124 cm³/mol. The molecule has 2 aromatic rings. The molecule has 2 aliphatic rings. The van der Waals surface area contributed by atoms with Gasteiger partial charge < -0.3 is 24.2 Å². The first-order valence-electron chi connectivity index (χ1n) is 12.1. The molecule has 33 heavy (non-hydrogen) atoms. The number of carbonyl (C=O) groups excluding carboxylic acids is 1. The predicted octanol–water partition coefficient (Wildman–Crippen LogP) is 3.49. The first-order chi connectivity index (χ1) is 16.0. The van der Waals surface area contributed by atoms with Crippen LogP contribution in [0.2, 0.25) is 0 Å². The fourth-order valence-electron chi connectivity index (χ4n) is 4.32. The molecule has 1 N–H and O–H groups in total. The third-order valence-electron chi connectivity index (χ3n) is 6.41. The van der Waals surface area contributed by atoms with Crippen molar-refractivity contribution >= 4 is 11.9 Å². The number of nitrogens with one attached hydrogen (secondary N) is 1. The highest BCUT2D eigenvalue weighted by Crippen LogP contribution is 2.26. The summed E-state index contributed by atoms with van der Waals surface area (Å²) in [7, 11) is 0. The molecule has 0 spiro atoms. The highest BCUT2D eigenvalue weighted by atomic mass is 16.5. The van der Waals surface area contributed by atoms with Crippen LogP contribution in [0.4, 0.5) is 6.01 Å². The maximum absolute atomic E-state index is 12.4. The van der Waals surface area contributed by atoms with Gasteiger partial charge in [0.05, 0.1) is 30.5 Å². The smallest absolute Gasteiger partial charge is 0.324 e. The van der Waals surface area contributed by atoms with Crippen molar-refractivity contribution in [3.05, 3.63) is 29.2 Å². The van der Waals surface area contributed by atoms with Gasteiger partial charge in [-0.05, 0) is 51.0 Å². The van der Waals surface area contributed by atoms with Crippen LogP contribution in [0.15, 0.2) is 16.7 Å². The summed E-state index contributed by atoms with van der Waals surface area (Å²) in [6, 6.07) is 4.31. The van der Waals surface area contributed by atoms with E-state index in [1.165, 1.54) is 0 Å². The Labute approximate surface area is 195 Å². The zero-order valence-electron chi connectivity index (χ0n) is 19.9. The van der Waals surface area contributed by atoms with Gasteiger partial charge in [-0.15, -0.1) is 0 Å². The van der Waals surface area contributed by atoms with Crippen molar-refractivity contribution in [2.24, 2.45) is 5.92 Å². The number of piperidine rings is 1. The Hall–Kier alpha value is -2.68. The summed E-state index contributed by atoms with van der Waals surface area (Å²) in [5, 5.41) is 7.07. The Kier molecular flexibility index (Phi) is 7.80. The third kappa shape index (κ3) is 6.22. The van der Waals surface area contributed by atoms with Gasteiger partial charge in [0.1, 0.15) is 0 Å². The minimum atomic E-state index is -0.102. The number of aromatic nitrogens is 3. The third-order valence-corrected chi connectivity index (χ3v) is 6.41. The van der Waals surface area contributed by atoms with Crippen molar-refractivity contribution < 1.29 is 18.8 Å². The molecule has 0 saturated carbocycles. The van der Waals surface area contributed by atoms with Gasteiger partial charge in [-0.2, -0.15) is 4.98 Å². The standard InChI is InChI=1S/C24H35N5O4/c1-16(2)22-27-24(33-28-22)29-11-8-18(9-12-29)5-4-13-32-21-7-6-20(17(3)25-21)23(30)26-19-10-14-31-15-19/h6-7,16,18-19H,4-5,8-15H2,1-3H3,(H,26,30)/t19-/m1/s1. The van der Waals surface area contributed by atoms with Gasteiger partial charge >= 0.3 is 6.01 Å². The summed E-state index contributed by atoms with van der Waals surface area (Å²) in [6.45, 7) is 9.77. The van der Waals surface area contributed by atoms with Crippen LogP contribution in [0.25, 0.3) is 0 Å². The van der Waals surface area contributed by atoms with Crippen molar-refractivity contribution in [1.82, 2.24) is 20.4 Å². The Morgan fingerprint density at radius 2 is 2.06 bits per heavy atom. The number of pyridine rings is 1. The normalized spacial score (nSPS) is 19.3. The summed E-state index contributed by atoms with van der Waals surface area (Å²) in [5.74, 6) is 2.19. The summed E-state index contributed by atoms with van der Waals surface area (Å²) < 4.78 is 16.6. The van der Waals surface area contributed by atoms with E-state index in [9.17, 15) is 4.79 Å². The average molecular weight is 458 g/mol. The SMILES string of the molecule is Cc1nc(OCCCC2CCN(c3nc(C(C)C)no3)CC2)ccc1C(=O)N[C@@H]1CCOC1. The summed E-state index contributed by atoms with van der Waals surface area (Å²) >= 11 is 0. The molecule has 9 nitrogen and oxygen atoms in total. The number of anilines is 1. The van der Waals surface area contributed by atoms with Gasteiger partial charge in [-0.1, -0.05) is 19.0 Å². The molecular formula is C24H35N5O4. The van der Waals surface area contributed by atoms with Crippen LogP contribution in [0.3, 0.4) is 0 Å². The van der Waals surface area contributed by atoms with Crippen molar-refractivity contribution in [1.29, 1.82) is 0 Å². The summed E-state index contributed by atoms with van der Waals surface area (Å²) in [6.07, 6.45) is 5.19. The zero-order valence-corrected chi connectivity index (χ0v) is 19.9. The first kappa shape index (κ1) is 23.5. The maximum Gasteiger partial charge on any atom is 0.324 e. The highest BCUT2D eigenvalue weighted by molar-refractivity contribution is 5.95. The number of hydrogen-bond donors (Lipinski definition) is 1. The molecule has 4 heterocycles. The lowest BCUT2D eigenvalue weighted by atomic mass is 9.92. The topological polar surface area (TPSA) is 103 Å². The van der Waals surface area contributed by atoms with Crippen molar-refractivity contribution in [3.8, 4) is 5.88 Å². The molecule has 4 rings (SSSR count). The van der Waals surface area contributed by atoms with E-state index in [1.54, 1.807) is 12.1 Å². The molecule has 0 unspecified atom stereocenters. The molecule has 0 radical (unpaired) electrons. The largest absolute Gasteiger partial charge is 0.478 e. The quantitative estimate of drug-likeness (QED) is 0.571. The van der Waals surface area contributed by atoms with E-state index in [2.05, 4.69) is 39.2 Å². The molecule has 9 heteroatoms. The van der Waals surface area contributed by atoms with Crippen molar-refractivity contribution in [2.45, 2.75) is 64.8 Å². The minimum absolute atomic E-state index is 0.0872. The number of ether oxygens (including phenoxy) is 2. The number of aryl methyl sites for hydroxylation is 1. The molecule has 1 atom stereocenters. The molecule has 0 bridgehead atoms. The monoisotopic (exact) mass is 457 g/mol. The van der Waals surface area contributed by atoms with E-state index < -0.39 is 0 Å². The summed E-state index contributed by atoms with van der Waals surface area (Å²) in [4.78, 5) is 23.6. The Bertz CT molecular complexity index is 917. The van der Waals surface area contributed by atoms with E-state index in [-0.39, 0.29) is 17.9 Å². The van der Waals surface area contributed by atoms with Gasteiger partial charge in [-0.25, -0.2) is 4.98 Å². The first-order valence-corrected chi connectivity index (χ1v) is 12.1. The van der Waals surface area contributed by atoms with E-state index in [0.29, 0.717) is 48.9 Å². The summed E-state index contributed by atoms with van der Waals surface area (Å²) in [5.41, 5.74) is 1.26. The lowest BCUT2D eigenvalue weighted by Gasteiger charge is -2.30. The van der Waals surface area contributed by atoms with Crippen LogP contribution in [-0.2, 0) is 4.74 Å². The van der Waals surface area contributed by atoms with Crippen LogP contribution in [0, 0.1) is 12.8 Å². The van der Waals surface area contributed by atoms with Crippen LogP contribution in [0.1, 0.15) is 73.7 Å². The zero-order chi connectivity index (χ0) is 23.2. The van der Waals surface area contributed by atoms with Crippen molar-refractivity contribution in [2.75, 3.05) is 37.8 Å². The Morgan fingerprint density at radius 1 is 1.24 bits per heavy atom. The lowest BCUT2D eigenvalue weighted by Crippen LogP contribution is -2.35. The van der Waals surface area contributed by atoms with E-state index >= 15 is 0 Å².